The first-order chi connectivity index (χ1) is 14.7. The maximum atomic E-state index is 12.5. The fraction of sp³-hybridized carbons (Fsp3) is 0.500. The molecule has 0 bridgehead atoms. The molecule has 1 aliphatic rings. The lowest BCUT2D eigenvalue weighted by Gasteiger charge is -2.35. The Morgan fingerprint density at radius 3 is 2.13 bits per heavy atom. The number of hydrogen-bond donors (Lipinski definition) is 1. The van der Waals surface area contributed by atoms with Gasteiger partial charge in [0, 0.05) is 44.1 Å². The summed E-state index contributed by atoms with van der Waals surface area (Å²) in [4.78, 5) is 19.4. The van der Waals surface area contributed by atoms with E-state index in [4.69, 9.17) is 0 Å². The molecule has 1 aliphatic heterocycles. The Morgan fingerprint density at radius 2 is 1.58 bits per heavy atom. The van der Waals surface area contributed by atoms with Crippen LogP contribution in [0.4, 0.5) is 11.4 Å². The molecule has 1 N–H and O–H groups in total. The van der Waals surface area contributed by atoms with Crippen molar-refractivity contribution in [2.24, 2.45) is 0 Å². The zero-order chi connectivity index (χ0) is 22.4. The van der Waals surface area contributed by atoms with Crippen molar-refractivity contribution in [3.05, 3.63) is 59.7 Å². The predicted octanol–water partition coefficient (Wildman–Crippen LogP) is 4.20. The second kappa shape index (κ2) is 10.3. The monoisotopic (exact) mass is 422 g/mol. The van der Waals surface area contributed by atoms with Crippen molar-refractivity contribution in [1.29, 1.82) is 0 Å². The second-order valence-electron chi connectivity index (χ2n) is 9.64. The van der Waals surface area contributed by atoms with Crippen molar-refractivity contribution in [1.82, 2.24) is 9.80 Å². The predicted molar refractivity (Wildman–Crippen MR) is 131 cm³/mol. The Balaban J connectivity index is 1.46. The number of rotatable bonds is 7. The van der Waals surface area contributed by atoms with Crippen LogP contribution in [0.25, 0.3) is 0 Å². The molecular weight excluding hydrogens is 384 g/mol. The van der Waals surface area contributed by atoms with Crippen molar-refractivity contribution >= 4 is 17.3 Å². The van der Waals surface area contributed by atoms with Gasteiger partial charge in [-0.2, -0.15) is 0 Å². The molecule has 5 heteroatoms. The molecule has 0 spiro atoms. The largest absolute Gasteiger partial charge is 0.369 e. The fourth-order valence-electron chi connectivity index (χ4n) is 4.00. The minimum atomic E-state index is 0.0121. The number of carbonyl (C=O) groups excluding carboxylic acids is 1. The maximum Gasteiger partial charge on any atom is 0.238 e. The van der Waals surface area contributed by atoms with Crippen LogP contribution >= 0.6 is 0 Å². The van der Waals surface area contributed by atoms with Gasteiger partial charge in [-0.25, -0.2) is 0 Å². The molecule has 0 aliphatic carbocycles. The third-order valence-electron chi connectivity index (χ3n) is 6.02. The molecule has 2 aromatic rings. The first kappa shape index (κ1) is 23.3. The number of likely N-dealkylation sites (N-methyl/N-ethyl adjacent to an activating group) is 2. The lowest BCUT2D eigenvalue weighted by atomic mass is 9.87. The van der Waals surface area contributed by atoms with Gasteiger partial charge >= 0.3 is 0 Å². The van der Waals surface area contributed by atoms with Crippen LogP contribution in [0.1, 0.15) is 38.8 Å². The van der Waals surface area contributed by atoms with Crippen LogP contribution in [0.2, 0.25) is 0 Å². The van der Waals surface area contributed by atoms with E-state index < -0.39 is 0 Å². The Bertz CT molecular complexity index is 831. The Morgan fingerprint density at radius 1 is 0.968 bits per heavy atom. The third-order valence-corrected chi connectivity index (χ3v) is 6.02. The molecule has 2 aromatic carbocycles. The third kappa shape index (κ3) is 6.81. The van der Waals surface area contributed by atoms with Gasteiger partial charge in [0.05, 0.1) is 6.54 Å². The van der Waals surface area contributed by atoms with Crippen molar-refractivity contribution in [3.8, 4) is 0 Å². The summed E-state index contributed by atoms with van der Waals surface area (Å²) in [7, 11) is 1.98. The minimum absolute atomic E-state index is 0.0121. The highest BCUT2D eigenvalue weighted by Crippen LogP contribution is 2.22. The maximum absolute atomic E-state index is 12.5. The molecule has 1 amide bonds. The lowest BCUT2D eigenvalue weighted by molar-refractivity contribution is -0.117. The number of anilines is 2. The normalized spacial score (nSPS) is 15.4. The molecule has 1 heterocycles. The summed E-state index contributed by atoms with van der Waals surface area (Å²) in [6.45, 7) is 15.4. The van der Waals surface area contributed by atoms with Crippen molar-refractivity contribution < 1.29 is 4.79 Å². The molecule has 0 radical (unpaired) electrons. The summed E-state index contributed by atoms with van der Waals surface area (Å²) in [6.07, 6.45) is 0. The zero-order valence-electron chi connectivity index (χ0n) is 19.8. The summed E-state index contributed by atoms with van der Waals surface area (Å²) in [5, 5.41) is 3.03. The quantitative estimate of drug-likeness (QED) is 0.726. The first-order valence-electron chi connectivity index (χ1n) is 11.4. The van der Waals surface area contributed by atoms with Gasteiger partial charge in [-0.1, -0.05) is 52.0 Å². The Kier molecular flexibility index (Phi) is 7.74. The van der Waals surface area contributed by atoms with Gasteiger partial charge in [-0.15, -0.1) is 0 Å². The van der Waals surface area contributed by atoms with Gasteiger partial charge in [-0.3, -0.25) is 9.69 Å². The van der Waals surface area contributed by atoms with Crippen LogP contribution < -0.4 is 10.2 Å². The first-order valence-corrected chi connectivity index (χ1v) is 11.4. The summed E-state index contributed by atoms with van der Waals surface area (Å²) in [5.74, 6) is 0.0121. The van der Waals surface area contributed by atoms with Crippen molar-refractivity contribution in [2.45, 2.75) is 39.7 Å². The molecule has 0 aromatic heterocycles. The average Bonchev–Trinajstić information content (AvgIpc) is 2.74. The SMILES string of the molecule is CCN1CCN(c2ccc(NC(=O)CN(C)Cc3ccc(C(C)(C)C)cc3)cc2)CC1. The molecular formula is C26H38N4O. The van der Waals surface area contributed by atoms with Crippen LogP contribution in [0.3, 0.4) is 0 Å². The van der Waals surface area contributed by atoms with E-state index in [2.05, 4.69) is 79.2 Å². The molecule has 0 saturated carbocycles. The van der Waals surface area contributed by atoms with E-state index in [0.29, 0.717) is 6.54 Å². The highest BCUT2D eigenvalue weighted by Gasteiger charge is 2.16. The van der Waals surface area contributed by atoms with Gasteiger partial charge < -0.3 is 15.1 Å². The number of piperazine rings is 1. The van der Waals surface area contributed by atoms with Crippen molar-refractivity contribution in [2.75, 3.05) is 56.5 Å². The number of nitrogens with one attached hydrogen (secondary N) is 1. The second-order valence-corrected chi connectivity index (χ2v) is 9.64. The van der Waals surface area contributed by atoms with Crippen LogP contribution in [0, 0.1) is 0 Å². The van der Waals surface area contributed by atoms with E-state index >= 15 is 0 Å². The number of nitrogens with zero attached hydrogens (tertiary/aromatic N) is 3. The number of carbonyl (C=O) groups is 1. The summed E-state index contributed by atoms with van der Waals surface area (Å²) >= 11 is 0. The average molecular weight is 423 g/mol. The highest BCUT2D eigenvalue weighted by atomic mass is 16.2. The molecule has 31 heavy (non-hydrogen) atoms. The Hall–Kier alpha value is -2.37. The van der Waals surface area contributed by atoms with Crippen LogP contribution in [0.15, 0.2) is 48.5 Å². The summed E-state index contributed by atoms with van der Waals surface area (Å²) < 4.78 is 0. The minimum Gasteiger partial charge on any atom is -0.369 e. The van der Waals surface area contributed by atoms with E-state index in [0.717, 1.165) is 45.0 Å². The van der Waals surface area contributed by atoms with E-state index in [9.17, 15) is 4.79 Å². The molecule has 0 atom stereocenters. The molecule has 1 saturated heterocycles. The molecule has 5 nitrogen and oxygen atoms in total. The topological polar surface area (TPSA) is 38.8 Å². The fourth-order valence-corrected chi connectivity index (χ4v) is 4.00. The van der Waals surface area contributed by atoms with E-state index in [1.165, 1.54) is 16.8 Å². The van der Waals surface area contributed by atoms with Crippen LogP contribution in [-0.4, -0.2) is 62.0 Å². The van der Waals surface area contributed by atoms with E-state index in [-0.39, 0.29) is 11.3 Å². The zero-order valence-corrected chi connectivity index (χ0v) is 19.8. The highest BCUT2D eigenvalue weighted by molar-refractivity contribution is 5.92. The standard InChI is InChI=1S/C26H38N4O/c1-6-29-15-17-30(18-16-29)24-13-11-23(12-14-24)27-25(31)20-28(5)19-21-7-9-22(10-8-21)26(2,3)4/h7-14H,6,15-20H2,1-5H3,(H,27,31). The molecule has 0 unspecified atom stereocenters. The van der Waals surface area contributed by atoms with E-state index in [1.807, 2.05) is 24.1 Å². The molecule has 1 fully saturated rings. The number of amides is 1. The Labute approximate surface area is 188 Å². The molecule has 168 valence electrons. The summed E-state index contributed by atoms with van der Waals surface area (Å²) in [6, 6.07) is 16.9. The van der Waals surface area contributed by atoms with Gasteiger partial charge in [0.1, 0.15) is 0 Å². The van der Waals surface area contributed by atoms with Crippen LogP contribution in [-0.2, 0) is 16.8 Å². The van der Waals surface area contributed by atoms with Gasteiger partial charge in [-0.05, 0) is 54.4 Å². The number of benzene rings is 2. The smallest absolute Gasteiger partial charge is 0.238 e. The summed E-state index contributed by atoms with van der Waals surface area (Å²) in [5.41, 5.74) is 4.78. The lowest BCUT2D eigenvalue weighted by Crippen LogP contribution is -2.46. The molecule has 3 rings (SSSR count). The number of hydrogen-bond acceptors (Lipinski definition) is 4. The van der Waals surface area contributed by atoms with Crippen molar-refractivity contribution in [3.63, 3.8) is 0 Å². The van der Waals surface area contributed by atoms with E-state index in [1.54, 1.807) is 0 Å². The van der Waals surface area contributed by atoms with Gasteiger partial charge in [0.2, 0.25) is 5.91 Å². The van der Waals surface area contributed by atoms with Gasteiger partial charge in [0.25, 0.3) is 0 Å². The van der Waals surface area contributed by atoms with Crippen LogP contribution in [0.5, 0.6) is 0 Å². The van der Waals surface area contributed by atoms with Gasteiger partial charge in [0.15, 0.2) is 0 Å².